The number of ether oxygens (including phenoxy) is 1. The minimum Gasteiger partial charge on any atom is -0.471 e. The summed E-state index contributed by atoms with van der Waals surface area (Å²) in [5, 5.41) is 13.2. The normalized spacial score (nSPS) is 16.7. The van der Waals surface area contributed by atoms with Crippen molar-refractivity contribution >= 4 is 22.5 Å². The molecule has 0 saturated carbocycles. The Balaban J connectivity index is 1.40. The Morgan fingerprint density at radius 1 is 1.12 bits per heavy atom. The van der Waals surface area contributed by atoms with Crippen LogP contribution in [0.25, 0.3) is 10.8 Å². The van der Waals surface area contributed by atoms with E-state index in [9.17, 15) is 4.79 Å². The van der Waals surface area contributed by atoms with Crippen LogP contribution in [0.4, 0.5) is 10.5 Å². The molecule has 0 radical (unpaired) electrons. The number of amides is 2. The molecule has 0 spiro atoms. The molecule has 2 amide bonds. The molecule has 1 unspecified atom stereocenters. The summed E-state index contributed by atoms with van der Waals surface area (Å²) in [6.07, 6.45) is 0.712. The van der Waals surface area contributed by atoms with Crippen molar-refractivity contribution in [2.45, 2.75) is 19.4 Å². The van der Waals surface area contributed by atoms with Gasteiger partial charge in [-0.15, -0.1) is 5.10 Å². The second-order valence-corrected chi connectivity index (χ2v) is 6.44. The van der Waals surface area contributed by atoms with E-state index in [1.54, 1.807) is 11.0 Å². The van der Waals surface area contributed by atoms with Gasteiger partial charge >= 0.3 is 6.03 Å². The largest absolute Gasteiger partial charge is 0.471 e. The van der Waals surface area contributed by atoms with Crippen molar-refractivity contribution in [1.82, 2.24) is 15.1 Å². The van der Waals surface area contributed by atoms with Crippen LogP contribution in [0.3, 0.4) is 0 Å². The van der Waals surface area contributed by atoms with E-state index in [2.05, 4.69) is 15.5 Å². The number of nitrogens with zero attached hydrogens (tertiary/aromatic N) is 3. The number of nitrogens with one attached hydrogen (secondary N) is 1. The van der Waals surface area contributed by atoms with Crippen LogP contribution in [0.1, 0.15) is 12.1 Å². The fourth-order valence-corrected chi connectivity index (χ4v) is 3.16. The Morgan fingerprint density at radius 2 is 1.96 bits per heavy atom. The first-order valence-electron chi connectivity index (χ1n) is 8.70. The van der Waals surface area contributed by atoms with Gasteiger partial charge in [0.2, 0.25) is 5.88 Å². The highest BCUT2D eigenvalue weighted by molar-refractivity contribution is 6.01. The number of benzene rings is 2. The standard InChI is InChI=1S/C20H20N4O2/c1-14-9-10-19(23-22-14)26-16-11-12-24(13-16)20(25)21-18-8-4-6-15-5-2-3-7-17(15)18/h2-10,16H,11-13H2,1H3,(H,21,25). The summed E-state index contributed by atoms with van der Waals surface area (Å²) in [5.74, 6) is 0.497. The summed E-state index contributed by atoms with van der Waals surface area (Å²) >= 11 is 0. The first-order valence-corrected chi connectivity index (χ1v) is 8.70. The third-order valence-electron chi connectivity index (χ3n) is 4.52. The van der Waals surface area contributed by atoms with Crippen LogP contribution in [0, 0.1) is 6.92 Å². The fourth-order valence-electron chi connectivity index (χ4n) is 3.16. The molecule has 6 heteroatoms. The van der Waals surface area contributed by atoms with Crippen LogP contribution in [0.15, 0.2) is 54.6 Å². The number of likely N-dealkylation sites (tertiary alicyclic amines) is 1. The molecule has 26 heavy (non-hydrogen) atoms. The van der Waals surface area contributed by atoms with Gasteiger partial charge in [0.15, 0.2) is 0 Å². The second kappa shape index (κ2) is 7.00. The molecular weight excluding hydrogens is 328 g/mol. The van der Waals surface area contributed by atoms with E-state index in [1.807, 2.05) is 55.5 Å². The number of hydrogen-bond donors (Lipinski definition) is 1. The van der Waals surface area contributed by atoms with Gasteiger partial charge in [0.1, 0.15) is 6.10 Å². The molecule has 1 fully saturated rings. The molecule has 2 aromatic carbocycles. The zero-order valence-electron chi connectivity index (χ0n) is 14.6. The number of urea groups is 1. The summed E-state index contributed by atoms with van der Waals surface area (Å²) in [6.45, 7) is 3.07. The van der Waals surface area contributed by atoms with E-state index in [0.717, 1.165) is 28.6 Å². The van der Waals surface area contributed by atoms with E-state index in [4.69, 9.17) is 4.74 Å². The molecule has 132 valence electrons. The second-order valence-electron chi connectivity index (χ2n) is 6.44. The van der Waals surface area contributed by atoms with E-state index < -0.39 is 0 Å². The van der Waals surface area contributed by atoms with Gasteiger partial charge in [-0.05, 0) is 24.4 Å². The van der Waals surface area contributed by atoms with Crippen LogP contribution < -0.4 is 10.1 Å². The molecule has 1 N–H and O–H groups in total. The average Bonchev–Trinajstić information content (AvgIpc) is 3.13. The highest BCUT2D eigenvalue weighted by Crippen LogP contribution is 2.24. The maximum Gasteiger partial charge on any atom is 0.321 e. The first-order chi connectivity index (χ1) is 12.7. The van der Waals surface area contributed by atoms with Gasteiger partial charge in [0.25, 0.3) is 0 Å². The molecule has 4 rings (SSSR count). The molecule has 1 atom stereocenters. The Kier molecular flexibility index (Phi) is 4.39. The predicted octanol–water partition coefficient (Wildman–Crippen LogP) is 3.62. The Bertz CT molecular complexity index is 921. The van der Waals surface area contributed by atoms with Crippen LogP contribution >= 0.6 is 0 Å². The Labute approximate surface area is 151 Å². The number of aromatic nitrogens is 2. The van der Waals surface area contributed by atoms with Crippen LogP contribution in [-0.4, -0.2) is 40.3 Å². The smallest absolute Gasteiger partial charge is 0.321 e. The molecular formula is C20H20N4O2. The Hall–Kier alpha value is -3.15. The molecule has 3 aromatic rings. The monoisotopic (exact) mass is 348 g/mol. The van der Waals surface area contributed by atoms with E-state index in [1.165, 1.54) is 0 Å². The maximum atomic E-state index is 12.6. The Morgan fingerprint density at radius 3 is 2.81 bits per heavy atom. The summed E-state index contributed by atoms with van der Waals surface area (Å²) in [5.41, 5.74) is 1.67. The lowest BCUT2D eigenvalue weighted by molar-refractivity contribution is 0.188. The summed E-state index contributed by atoms with van der Waals surface area (Å²) in [7, 11) is 0. The highest BCUT2D eigenvalue weighted by Gasteiger charge is 2.28. The zero-order chi connectivity index (χ0) is 17.9. The van der Waals surface area contributed by atoms with Crippen LogP contribution in [0.2, 0.25) is 0 Å². The zero-order valence-corrected chi connectivity index (χ0v) is 14.6. The van der Waals surface area contributed by atoms with Crippen molar-refractivity contribution in [3.8, 4) is 5.88 Å². The van der Waals surface area contributed by atoms with Crippen molar-refractivity contribution in [2.24, 2.45) is 0 Å². The lowest BCUT2D eigenvalue weighted by Crippen LogP contribution is -2.34. The van der Waals surface area contributed by atoms with Gasteiger partial charge < -0.3 is 15.0 Å². The number of carbonyl (C=O) groups excluding carboxylic acids is 1. The van der Waals surface area contributed by atoms with E-state index in [-0.39, 0.29) is 12.1 Å². The third-order valence-corrected chi connectivity index (χ3v) is 4.52. The molecule has 1 aromatic heterocycles. The number of fused-ring (bicyclic) bond motifs is 1. The van der Waals surface area contributed by atoms with Crippen LogP contribution in [0.5, 0.6) is 5.88 Å². The number of aryl methyl sites for hydroxylation is 1. The quantitative estimate of drug-likeness (QED) is 0.785. The fraction of sp³-hybridized carbons (Fsp3) is 0.250. The SMILES string of the molecule is Cc1ccc(OC2CCN(C(=O)Nc3cccc4ccccc34)C2)nn1. The number of anilines is 1. The van der Waals surface area contributed by atoms with Crippen molar-refractivity contribution in [2.75, 3.05) is 18.4 Å². The van der Waals surface area contributed by atoms with Gasteiger partial charge in [-0.2, -0.15) is 5.10 Å². The van der Waals surface area contributed by atoms with E-state index >= 15 is 0 Å². The third kappa shape index (κ3) is 3.44. The molecule has 1 aliphatic heterocycles. The van der Waals surface area contributed by atoms with Gasteiger partial charge in [-0.3, -0.25) is 0 Å². The average molecular weight is 348 g/mol. The van der Waals surface area contributed by atoms with Crippen molar-refractivity contribution < 1.29 is 9.53 Å². The van der Waals surface area contributed by atoms with Crippen molar-refractivity contribution in [3.05, 3.63) is 60.3 Å². The maximum absolute atomic E-state index is 12.6. The first kappa shape index (κ1) is 16.3. The molecule has 2 heterocycles. The van der Waals surface area contributed by atoms with Gasteiger partial charge in [-0.25, -0.2) is 4.79 Å². The molecule has 1 aliphatic rings. The topological polar surface area (TPSA) is 67.3 Å². The number of carbonyl (C=O) groups is 1. The minimum absolute atomic E-state index is 0.0646. The minimum atomic E-state index is -0.109. The van der Waals surface area contributed by atoms with Gasteiger partial charge in [-0.1, -0.05) is 36.4 Å². The molecule has 0 aliphatic carbocycles. The predicted molar refractivity (Wildman–Crippen MR) is 100 cm³/mol. The summed E-state index contributed by atoms with van der Waals surface area (Å²) in [4.78, 5) is 14.4. The summed E-state index contributed by atoms with van der Waals surface area (Å²) < 4.78 is 5.84. The molecule has 1 saturated heterocycles. The molecule has 0 bridgehead atoms. The number of hydrogen-bond acceptors (Lipinski definition) is 4. The molecule has 6 nitrogen and oxygen atoms in total. The highest BCUT2D eigenvalue weighted by atomic mass is 16.5. The number of rotatable bonds is 3. The van der Waals surface area contributed by atoms with E-state index in [0.29, 0.717) is 19.0 Å². The van der Waals surface area contributed by atoms with Crippen molar-refractivity contribution in [1.29, 1.82) is 0 Å². The lowest BCUT2D eigenvalue weighted by Gasteiger charge is -2.18. The van der Waals surface area contributed by atoms with Gasteiger partial charge in [0, 0.05) is 24.4 Å². The van der Waals surface area contributed by atoms with Gasteiger partial charge in [0.05, 0.1) is 17.9 Å². The summed E-state index contributed by atoms with van der Waals surface area (Å²) in [6, 6.07) is 17.5. The van der Waals surface area contributed by atoms with Crippen molar-refractivity contribution in [3.63, 3.8) is 0 Å². The lowest BCUT2D eigenvalue weighted by atomic mass is 10.1. The van der Waals surface area contributed by atoms with Crippen LogP contribution in [-0.2, 0) is 0 Å².